The van der Waals surface area contributed by atoms with E-state index in [1.54, 1.807) is 0 Å². The second-order valence-electron chi connectivity index (χ2n) is 5.77. The SMILES string of the molecule is CCN1CCOC(CNC(=O)N2CCCC(C)C2)C1. The molecule has 2 fully saturated rings. The molecule has 110 valence electrons. The van der Waals surface area contributed by atoms with Crippen molar-refractivity contribution in [3.63, 3.8) is 0 Å². The molecule has 2 rings (SSSR count). The van der Waals surface area contributed by atoms with Gasteiger partial charge < -0.3 is 15.0 Å². The number of carbonyl (C=O) groups is 1. The van der Waals surface area contributed by atoms with Gasteiger partial charge in [-0.15, -0.1) is 0 Å². The van der Waals surface area contributed by atoms with Gasteiger partial charge in [-0.2, -0.15) is 0 Å². The molecule has 2 saturated heterocycles. The van der Waals surface area contributed by atoms with Gasteiger partial charge in [0.2, 0.25) is 0 Å². The number of amides is 2. The molecule has 19 heavy (non-hydrogen) atoms. The minimum absolute atomic E-state index is 0.0729. The Labute approximate surface area is 116 Å². The van der Waals surface area contributed by atoms with E-state index in [0.717, 1.165) is 45.8 Å². The zero-order valence-corrected chi connectivity index (χ0v) is 12.2. The highest BCUT2D eigenvalue weighted by atomic mass is 16.5. The molecule has 0 aliphatic carbocycles. The van der Waals surface area contributed by atoms with Crippen molar-refractivity contribution in [3.8, 4) is 0 Å². The van der Waals surface area contributed by atoms with Crippen LogP contribution in [0.2, 0.25) is 0 Å². The maximum absolute atomic E-state index is 12.1. The van der Waals surface area contributed by atoms with Crippen LogP contribution in [-0.2, 0) is 4.74 Å². The summed E-state index contributed by atoms with van der Waals surface area (Å²) in [4.78, 5) is 16.4. The third-order valence-electron chi connectivity index (χ3n) is 4.10. The number of morpholine rings is 1. The fourth-order valence-corrected chi connectivity index (χ4v) is 2.88. The number of hydrogen-bond acceptors (Lipinski definition) is 3. The molecule has 0 radical (unpaired) electrons. The van der Waals surface area contributed by atoms with Gasteiger partial charge in [0.05, 0.1) is 12.7 Å². The Kier molecular flexibility index (Phi) is 5.45. The molecule has 5 nitrogen and oxygen atoms in total. The largest absolute Gasteiger partial charge is 0.374 e. The van der Waals surface area contributed by atoms with E-state index in [9.17, 15) is 4.79 Å². The van der Waals surface area contributed by atoms with Gasteiger partial charge in [0, 0.05) is 32.7 Å². The monoisotopic (exact) mass is 269 g/mol. The predicted octanol–water partition coefficient (Wildman–Crippen LogP) is 1.15. The first kappa shape index (κ1) is 14.6. The van der Waals surface area contributed by atoms with Crippen LogP contribution in [0.4, 0.5) is 4.79 Å². The van der Waals surface area contributed by atoms with E-state index in [-0.39, 0.29) is 12.1 Å². The summed E-state index contributed by atoms with van der Waals surface area (Å²) < 4.78 is 5.69. The molecule has 0 aromatic heterocycles. The van der Waals surface area contributed by atoms with Crippen molar-refractivity contribution < 1.29 is 9.53 Å². The number of ether oxygens (including phenoxy) is 1. The van der Waals surface area contributed by atoms with Gasteiger partial charge in [-0.25, -0.2) is 4.79 Å². The number of urea groups is 1. The molecule has 0 aromatic carbocycles. The van der Waals surface area contributed by atoms with Gasteiger partial charge in [0.1, 0.15) is 0 Å². The summed E-state index contributed by atoms with van der Waals surface area (Å²) in [5.74, 6) is 0.626. The molecule has 2 aliphatic rings. The molecule has 2 heterocycles. The number of piperidine rings is 1. The minimum Gasteiger partial charge on any atom is -0.374 e. The van der Waals surface area contributed by atoms with Crippen molar-refractivity contribution in [1.29, 1.82) is 0 Å². The van der Waals surface area contributed by atoms with Crippen LogP contribution < -0.4 is 5.32 Å². The standard InChI is InChI=1S/C14H27N3O2/c1-3-16-7-8-19-13(11-16)9-15-14(18)17-6-4-5-12(2)10-17/h12-13H,3-11H2,1-2H3,(H,15,18). The zero-order valence-electron chi connectivity index (χ0n) is 12.2. The number of nitrogens with one attached hydrogen (secondary N) is 1. The van der Waals surface area contributed by atoms with Gasteiger partial charge in [0.25, 0.3) is 0 Å². The number of likely N-dealkylation sites (N-methyl/N-ethyl adjacent to an activating group) is 1. The first-order chi connectivity index (χ1) is 9.19. The molecule has 0 saturated carbocycles. The Hall–Kier alpha value is -0.810. The number of nitrogens with zero attached hydrogens (tertiary/aromatic N) is 2. The highest BCUT2D eigenvalue weighted by molar-refractivity contribution is 5.74. The first-order valence-electron chi connectivity index (χ1n) is 7.55. The predicted molar refractivity (Wildman–Crippen MR) is 75.2 cm³/mol. The van der Waals surface area contributed by atoms with Crippen LogP contribution in [0.3, 0.4) is 0 Å². The summed E-state index contributed by atoms with van der Waals surface area (Å²) in [5.41, 5.74) is 0. The first-order valence-corrected chi connectivity index (χ1v) is 7.55. The van der Waals surface area contributed by atoms with Gasteiger partial charge >= 0.3 is 6.03 Å². The van der Waals surface area contributed by atoms with Gasteiger partial charge in [0.15, 0.2) is 0 Å². The lowest BCUT2D eigenvalue weighted by Gasteiger charge is -2.34. The Morgan fingerprint density at radius 3 is 2.95 bits per heavy atom. The maximum Gasteiger partial charge on any atom is 0.317 e. The average molecular weight is 269 g/mol. The van der Waals surface area contributed by atoms with Crippen molar-refractivity contribution in [2.24, 2.45) is 5.92 Å². The number of carbonyl (C=O) groups excluding carboxylic acids is 1. The van der Waals surface area contributed by atoms with Crippen molar-refractivity contribution in [1.82, 2.24) is 15.1 Å². The summed E-state index contributed by atoms with van der Waals surface area (Å²) in [6.07, 6.45) is 2.50. The molecular formula is C14H27N3O2. The third kappa shape index (κ3) is 4.35. The number of rotatable bonds is 3. The van der Waals surface area contributed by atoms with Gasteiger partial charge in [-0.3, -0.25) is 4.90 Å². The molecule has 0 bridgehead atoms. The molecule has 2 unspecified atom stereocenters. The molecule has 1 N–H and O–H groups in total. The summed E-state index contributed by atoms with van der Waals surface area (Å²) in [6.45, 7) is 10.5. The third-order valence-corrected chi connectivity index (χ3v) is 4.10. The van der Waals surface area contributed by atoms with Crippen LogP contribution in [0.25, 0.3) is 0 Å². The summed E-state index contributed by atoms with van der Waals surface area (Å²) in [5, 5.41) is 3.02. The molecule has 0 spiro atoms. The average Bonchev–Trinajstić information content (AvgIpc) is 2.45. The van der Waals surface area contributed by atoms with E-state index in [0.29, 0.717) is 12.5 Å². The lowest BCUT2D eigenvalue weighted by Crippen LogP contribution is -2.51. The van der Waals surface area contributed by atoms with Crippen molar-refractivity contribution in [2.45, 2.75) is 32.8 Å². The fourth-order valence-electron chi connectivity index (χ4n) is 2.88. The number of hydrogen-bond donors (Lipinski definition) is 1. The minimum atomic E-state index is 0.0729. The summed E-state index contributed by atoms with van der Waals surface area (Å²) in [7, 11) is 0. The van der Waals surface area contributed by atoms with Crippen LogP contribution in [0.15, 0.2) is 0 Å². The normalized spacial score (nSPS) is 29.3. The van der Waals surface area contributed by atoms with E-state index in [1.165, 1.54) is 6.42 Å². The molecule has 2 aliphatic heterocycles. The molecular weight excluding hydrogens is 242 g/mol. The quantitative estimate of drug-likeness (QED) is 0.836. The number of likely N-dealkylation sites (tertiary alicyclic amines) is 1. The Morgan fingerprint density at radius 1 is 1.37 bits per heavy atom. The molecule has 5 heteroatoms. The van der Waals surface area contributed by atoms with E-state index >= 15 is 0 Å². The lowest BCUT2D eigenvalue weighted by atomic mass is 10.0. The topological polar surface area (TPSA) is 44.8 Å². The van der Waals surface area contributed by atoms with Crippen molar-refractivity contribution >= 4 is 6.03 Å². The van der Waals surface area contributed by atoms with E-state index in [4.69, 9.17) is 4.74 Å². The van der Waals surface area contributed by atoms with Crippen molar-refractivity contribution in [2.75, 3.05) is 45.9 Å². The molecule has 0 aromatic rings. The highest BCUT2D eigenvalue weighted by Crippen LogP contribution is 2.15. The molecule has 2 atom stereocenters. The van der Waals surface area contributed by atoms with Crippen molar-refractivity contribution in [3.05, 3.63) is 0 Å². The lowest BCUT2D eigenvalue weighted by molar-refractivity contribution is -0.0245. The Balaban J connectivity index is 1.70. The smallest absolute Gasteiger partial charge is 0.317 e. The van der Waals surface area contributed by atoms with Gasteiger partial charge in [-0.05, 0) is 25.3 Å². The van der Waals surface area contributed by atoms with E-state index in [2.05, 4.69) is 24.1 Å². The van der Waals surface area contributed by atoms with Crippen LogP contribution in [0.1, 0.15) is 26.7 Å². The zero-order chi connectivity index (χ0) is 13.7. The second kappa shape index (κ2) is 7.10. The summed E-state index contributed by atoms with van der Waals surface area (Å²) >= 11 is 0. The van der Waals surface area contributed by atoms with Crippen LogP contribution in [0.5, 0.6) is 0 Å². The molecule has 2 amide bonds. The van der Waals surface area contributed by atoms with E-state index in [1.807, 2.05) is 4.90 Å². The Morgan fingerprint density at radius 2 is 2.21 bits per heavy atom. The van der Waals surface area contributed by atoms with Crippen LogP contribution in [-0.4, -0.2) is 67.8 Å². The summed E-state index contributed by atoms with van der Waals surface area (Å²) in [6, 6.07) is 0.0729. The highest BCUT2D eigenvalue weighted by Gasteiger charge is 2.23. The fraction of sp³-hybridized carbons (Fsp3) is 0.929. The van der Waals surface area contributed by atoms with E-state index < -0.39 is 0 Å². The van der Waals surface area contributed by atoms with Crippen LogP contribution >= 0.6 is 0 Å². The Bertz CT molecular complexity index is 298. The van der Waals surface area contributed by atoms with Crippen LogP contribution in [0, 0.1) is 5.92 Å². The maximum atomic E-state index is 12.1. The van der Waals surface area contributed by atoms with Gasteiger partial charge in [-0.1, -0.05) is 13.8 Å². The second-order valence-corrected chi connectivity index (χ2v) is 5.77.